The third kappa shape index (κ3) is 4.30. The van der Waals surface area contributed by atoms with Gasteiger partial charge < -0.3 is 9.84 Å². The van der Waals surface area contributed by atoms with Crippen LogP contribution in [0.4, 0.5) is 0 Å². The maximum Gasteiger partial charge on any atom is 0.261 e. The number of rotatable bonds is 6. The van der Waals surface area contributed by atoms with Gasteiger partial charge in [0.2, 0.25) is 0 Å². The minimum Gasteiger partial charge on any atom is -0.504 e. The quantitative estimate of drug-likeness (QED) is 0.596. The van der Waals surface area contributed by atoms with Gasteiger partial charge in [0.25, 0.3) is 5.91 Å². The van der Waals surface area contributed by atoms with Crippen LogP contribution in [0.1, 0.15) is 12.5 Å². The first-order valence-corrected chi connectivity index (χ1v) is 6.29. The lowest BCUT2D eigenvalue weighted by molar-refractivity contribution is -0.121. The maximum absolute atomic E-state index is 11.5. The van der Waals surface area contributed by atoms with E-state index in [-0.39, 0.29) is 18.2 Å². The Morgan fingerprint density at radius 3 is 3.10 bits per heavy atom. The van der Waals surface area contributed by atoms with Crippen molar-refractivity contribution in [3.05, 3.63) is 36.4 Å². The highest BCUT2D eigenvalue weighted by Crippen LogP contribution is 2.25. The molecule has 0 spiro atoms. The predicted octanol–water partition coefficient (Wildman–Crippen LogP) is 0.533. The van der Waals surface area contributed by atoms with Crippen LogP contribution in [0.25, 0.3) is 0 Å². The Kier molecular flexibility index (Phi) is 4.86. The fourth-order valence-corrected chi connectivity index (χ4v) is 1.57. The zero-order valence-corrected chi connectivity index (χ0v) is 11.4. The van der Waals surface area contributed by atoms with Crippen LogP contribution in [-0.2, 0) is 11.3 Å². The molecule has 1 aromatic heterocycles. The van der Waals surface area contributed by atoms with Crippen molar-refractivity contribution in [1.29, 1.82) is 0 Å². The molecule has 110 valence electrons. The van der Waals surface area contributed by atoms with Gasteiger partial charge in [-0.1, -0.05) is 0 Å². The van der Waals surface area contributed by atoms with Crippen LogP contribution in [0.15, 0.2) is 36.0 Å². The first-order chi connectivity index (χ1) is 10.2. The maximum atomic E-state index is 11.5. The smallest absolute Gasteiger partial charge is 0.261 e. The monoisotopic (exact) mass is 289 g/mol. The van der Waals surface area contributed by atoms with E-state index in [9.17, 15) is 9.90 Å². The van der Waals surface area contributed by atoms with E-state index in [0.717, 1.165) is 0 Å². The normalized spacial score (nSPS) is 10.7. The number of carbonyl (C=O) groups excluding carboxylic acids is 1. The van der Waals surface area contributed by atoms with E-state index < -0.39 is 0 Å². The van der Waals surface area contributed by atoms with Crippen molar-refractivity contribution < 1.29 is 14.6 Å². The lowest BCUT2D eigenvalue weighted by Gasteiger charge is -2.05. The molecule has 1 amide bonds. The SMILES string of the molecule is CCOc1ccc(/C=N/NC(=O)Cn2cncn2)cc1O. The third-order valence-corrected chi connectivity index (χ3v) is 2.46. The summed E-state index contributed by atoms with van der Waals surface area (Å²) < 4.78 is 6.60. The van der Waals surface area contributed by atoms with Crippen molar-refractivity contribution in [2.45, 2.75) is 13.5 Å². The minimum absolute atomic E-state index is 0.0229. The number of amides is 1. The Morgan fingerprint density at radius 1 is 1.57 bits per heavy atom. The fourth-order valence-electron chi connectivity index (χ4n) is 1.57. The standard InChI is InChI=1S/C13H15N5O3/c1-2-21-12-4-3-10(5-11(12)19)6-15-17-13(20)7-18-9-14-8-16-18/h3-6,8-9,19H,2,7H2,1H3,(H,17,20)/b15-6+. The first-order valence-electron chi connectivity index (χ1n) is 6.29. The zero-order valence-electron chi connectivity index (χ0n) is 11.4. The van der Waals surface area contributed by atoms with Crippen LogP contribution in [-0.4, -0.2) is 38.6 Å². The lowest BCUT2D eigenvalue weighted by Crippen LogP contribution is -2.23. The molecule has 0 aliphatic heterocycles. The van der Waals surface area contributed by atoms with Crippen LogP contribution >= 0.6 is 0 Å². The molecule has 8 heteroatoms. The molecule has 8 nitrogen and oxygen atoms in total. The van der Waals surface area contributed by atoms with Gasteiger partial charge in [0.15, 0.2) is 11.5 Å². The number of aromatic nitrogens is 3. The largest absolute Gasteiger partial charge is 0.504 e. The van der Waals surface area contributed by atoms with Crippen molar-refractivity contribution in [3.8, 4) is 11.5 Å². The summed E-state index contributed by atoms with van der Waals surface area (Å²) in [7, 11) is 0. The number of hydrogen-bond donors (Lipinski definition) is 2. The zero-order chi connectivity index (χ0) is 15.1. The average Bonchev–Trinajstić information content (AvgIpc) is 2.95. The molecule has 1 aromatic carbocycles. The number of hydrazone groups is 1. The molecule has 0 aliphatic carbocycles. The molecule has 2 aromatic rings. The number of benzene rings is 1. The van der Waals surface area contributed by atoms with Gasteiger partial charge in [-0.05, 0) is 30.7 Å². The highest BCUT2D eigenvalue weighted by molar-refractivity contribution is 5.83. The predicted molar refractivity (Wildman–Crippen MR) is 75.0 cm³/mol. The van der Waals surface area contributed by atoms with Crippen molar-refractivity contribution in [2.24, 2.45) is 5.10 Å². The van der Waals surface area contributed by atoms with E-state index in [1.165, 1.54) is 29.6 Å². The first kappa shape index (κ1) is 14.5. The van der Waals surface area contributed by atoms with Crippen LogP contribution in [0.3, 0.4) is 0 Å². The van der Waals surface area contributed by atoms with Crippen LogP contribution in [0, 0.1) is 0 Å². The molecule has 2 rings (SSSR count). The number of nitrogens with one attached hydrogen (secondary N) is 1. The Labute approximate surface area is 121 Å². The topological polar surface area (TPSA) is 102 Å². The highest BCUT2D eigenvalue weighted by atomic mass is 16.5. The number of nitrogens with zero attached hydrogens (tertiary/aromatic N) is 4. The minimum atomic E-state index is -0.327. The number of ether oxygens (including phenoxy) is 1. The molecule has 2 N–H and O–H groups in total. The number of aromatic hydroxyl groups is 1. The van der Waals surface area contributed by atoms with Crippen molar-refractivity contribution in [1.82, 2.24) is 20.2 Å². The molecule has 0 saturated carbocycles. The molecule has 0 radical (unpaired) electrons. The molecule has 0 aliphatic rings. The molecule has 0 saturated heterocycles. The van der Waals surface area contributed by atoms with Crippen molar-refractivity contribution in [3.63, 3.8) is 0 Å². The summed E-state index contributed by atoms with van der Waals surface area (Å²) in [5.41, 5.74) is 2.99. The van der Waals surface area contributed by atoms with Crippen LogP contribution in [0.2, 0.25) is 0 Å². The molecule has 0 bridgehead atoms. The second-order valence-corrected chi connectivity index (χ2v) is 4.05. The summed E-state index contributed by atoms with van der Waals surface area (Å²) in [5, 5.41) is 17.3. The van der Waals surface area contributed by atoms with E-state index >= 15 is 0 Å². The molecular weight excluding hydrogens is 274 g/mol. The summed E-state index contributed by atoms with van der Waals surface area (Å²) in [4.78, 5) is 15.3. The van der Waals surface area contributed by atoms with Gasteiger partial charge in [-0.25, -0.2) is 15.1 Å². The number of phenols is 1. The van der Waals surface area contributed by atoms with Crippen LogP contribution in [0.5, 0.6) is 11.5 Å². The second-order valence-electron chi connectivity index (χ2n) is 4.05. The van der Waals surface area contributed by atoms with Gasteiger partial charge in [0, 0.05) is 0 Å². The van der Waals surface area contributed by atoms with Gasteiger partial charge in [-0.15, -0.1) is 0 Å². The summed E-state index contributed by atoms with van der Waals surface area (Å²) in [6.07, 6.45) is 4.21. The Balaban J connectivity index is 1.89. The van der Waals surface area contributed by atoms with E-state index in [1.807, 2.05) is 6.92 Å². The Hall–Kier alpha value is -2.90. The molecular formula is C13H15N5O3. The molecule has 0 unspecified atom stereocenters. The lowest BCUT2D eigenvalue weighted by atomic mass is 10.2. The van der Waals surface area contributed by atoms with Crippen LogP contribution < -0.4 is 10.2 Å². The summed E-state index contributed by atoms with van der Waals surface area (Å²) in [6.45, 7) is 2.34. The number of carbonyl (C=O) groups is 1. The fraction of sp³-hybridized carbons (Fsp3) is 0.231. The Morgan fingerprint density at radius 2 is 2.43 bits per heavy atom. The van der Waals surface area contributed by atoms with Crippen molar-refractivity contribution in [2.75, 3.05) is 6.61 Å². The summed E-state index contributed by atoms with van der Waals surface area (Å²) in [6, 6.07) is 4.85. The van der Waals surface area contributed by atoms with E-state index in [0.29, 0.717) is 17.9 Å². The van der Waals surface area contributed by atoms with Gasteiger partial charge in [0.05, 0.1) is 12.8 Å². The number of hydrogen-bond acceptors (Lipinski definition) is 6. The van der Waals surface area contributed by atoms with Gasteiger partial charge >= 0.3 is 0 Å². The number of phenolic OH excluding ortho intramolecular Hbond substituents is 1. The Bertz CT molecular complexity index is 625. The molecule has 0 fully saturated rings. The second kappa shape index (κ2) is 7.04. The molecule has 1 heterocycles. The van der Waals surface area contributed by atoms with Crippen molar-refractivity contribution >= 4 is 12.1 Å². The third-order valence-electron chi connectivity index (χ3n) is 2.46. The van der Waals surface area contributed by atoms with E-state index in [1.54, 1.807) is 12.1 Å². The molecule has 0 atom stereocenters. The molecule has 21 heavy (non-hydrogen) atoms. The summed E-state index contributed by atoms with van der Waals surface area (Å²) >= 11 is 0. The van der Waals surface area contributed by atoms with Gasteiger partial charge in [-0.3, -0.25) is 4.79 Å². The average molecular weight is 289 g/mol. The summed E-state index contributed by atoms with van der Waals surface area (Å²) in [5.74, 6) is 0.103. The van der Waals surface area contributed by atoms with E-state index in [2.05, 4.69) is 20.6 Å². The van der Waals surface area contributed by atoms with Gasteiger partial charge in [-0.2, -0.15) is 10.2 Å². The van der Waals surface area contributed by atoms with Gasteiger partial charge in [0.1, 0.15) is 19.2 Å². The highest BCUT2D eigenvalue weighted by Gasteiger charge is 2.03. The van der Waals surface area contributed by atoms with E-state index in [4.69, 9.17) is 4.74 Å².